The lowest BCUT2D eigenvalue weighted by molar-refractivity contribution is -0.121. The molecule has 0 aliphatic heterocycles. The molecule has 0 aliphatic rings. The smallest absolute Gasteiger partial charge is 0.332 e. The molecule has 1 aromatic carbocycles. The van der Waals surface area contributed by atoms with Gasteiger partial charge in [-0.1, -0.05) is 48.3 Å². The highest BCUT2D eigenvalue weighted by Gasteiger charge is 2.22. The van der Waals surface area contributed by atoms with Gasteiger partial charge in [-0.15, -0.1) is 0 Å². The van der Waals surface area contributed by atoms with Gasteiger partial charge in [-0.2, -0.15) is 0 Å². The number of nitrogens with two attached hydrogens (primary N) is 1. The molecule has 32 heavy (non-hydrogen) atoms. The first kappa shape index (κ1) is 25.5. The molecule has 3 N–H and O–H groups in total. The number of carbonyl (C=O) groups excluding carboxylic acids is 1. The Morgan fingerprint density at radius 3 is 2.47 bits per heavy atom. The average Bonchev–Trinajstić information content (AvgIpc) is 3.09. The number of unbranched alkanes of at least 4 members (excludes halogenated alkanes) is 1. The fourth-order valence-electron chi connectivity index (χ4n) is 3.17. The highest BCUT2D eigenvalue weighted by Crippen LogP contribution is 2.19. The Morgan fingerprint density at radius 1 is 1.25 bits per heavy atom. The number of carbonyl (C=O) groups is 1. The quantitative estimate of drug-likeness (QED) is 0.503. The van der Waals surface area contributed by atoms with Crippen LogP contribution in [0.5, 0.6) is 0 Å². The number of rotatable bonds is 7. The molecule has 0 saturated carbocycles. The largest absolute Gasteiger partial charge is 0.396 e. The number of aliphatic hydroxyl groups excluding tert-OH is 1. The second-order valence-corrected chi connectivity index (χ2v) is 8.62. The minimum absolute atomic E-state index is 0.273. The van der Waals surface area contributed by atoms with Crippen LogP contribution in [0.15, 0.2) is 38.3 Å². The Labute approximate surface area is 194 Å². The van der Waals surface area contributed by atoms with Crippen molar-refractivity contribution in [2.45, 2.75) is 39.7 Å². The van der Waals surface area contributed by atoms with Crippen molar-refractivity contribution >= 4 is 33.0 Å². The van der Waals surface area contributed by atoms with Crippen LogP contribution in [-0.4, -0.2) is 36.3 Å². The second kappa shape index (κ2) is 11.2. The van der Waals surface area contributed by atoms with Gasteiger partial charge in [-0.25, -0.2) is 9.78 Å². The van der Waals surface area contributed by atoms with E-state index >= 15 is 0 Å². The molecule has 1 unspecified atom stereocenters. The molecule has 9 nitrogen and oxygen atoms in total. The molecule has 0 bridgehead atoms. The Morgan fingerprint density at radius 2 is 1.94 bits per heavy atom. The number of fused-ring (bicyclic) bond motifs is 1. The topological polar surface area (TPSA) is 125 Å². The van der Waals surface area contributed by atoms with Crippen molar-refractivity contribution in [2.24, 2.45) is 25.7 Å². The first-order valence-electron chi connectivity index (χ1n) is 10.4. The Bertz CT molecular complexity index is 1210. The van der Waals surface area contributed by atoms with Gasteiger partial charge in [0.25, 0.3) is 5.56 Å². The van der Waals surface area contributed by atoms with Crippen LogP contribution in [-0.2, 0) is 31.9 Å². The van der Waals surface area contributed by atoms with Crippen molar-refractivity contribution in [2.75, 3.05) is 6.61 Å². The standard InChI is InChI=1S/C18H20BrN5O3.C4H10O/c1-10(15(20)25)7-13-21-16-14(17(26)23(3)18(27)22(16)2)24(13)9-11-5-4-6-12(19)8-11;1-2-3-4-5/h4-6,8,10H,7,9H2,1-3H3,(H2,20,25);5H,2-4H2,1H3. The number of amides is 1. The van der Waals surface area contributed by atoms with Crippen molar-refractivity contribution in [1.29, 1.82) is 0 Å². The van der Waals surface area contributed by atoms with Gasteiger partial charge >= 0.3 is 5.69 Å². The number of halogens is 1. The van der Waals surface area contributed by atoms with E-state index in [-0.39, 0.29) is 6.42 Å². The van der Waals surface area contributed by atoms with Gasteiger partial charge in [0.15, 0.2) is 11.2 Å². The Kier molecular flexibility index (Phi) is 8.97. The van der Waals surface area contributed by atoms with Gasteiger partial charge in [-0.05, 0) is 24.1 Å². The number of imidazole rings is 1. The maximum Gasteiger partial charge on any atom is 0.332 e. The molecule has 3 rings (SSSR count). The van der Waals surface area contributed by atoms with Crippen molar-refractivity contribution in [3.05, 3.63) is 61.0 Å². The average molecular weight is 508 g/mol. The molecule has 1 amide bonds. The van der Waals surface area contributed by atoms with E-state index in [9.17, 15) is 14.4 Å². The van der Waals surface area contributed by atoms with Crippen LogP contribution in [0.2, 0.25) is 0 Å². The normalized spacial score (nSPS) is 11.8. The zero-order valence-electron chi connectivity index (χ0n) is 18.8. The van der Waals surface area contributed by atoms with Crippen LogP contribution >= 0.6 is 15.9 Å². The summed E-state index contributed by atoms with van der Waals surface area (Å²) >= 11 is 3.44. The number of benzene rings is 1. The number of hydrogen-bond acceptors (Lipinski definition) is 5. The van der Waals surface area contributed by atoms with Gasteiger partial charge in [-0.3, -0.25) is 18.7 Å². The molecule has 10 heteroatoms. The van der Waals surface area contributed by atoms with E-state index in [0.29, 0.717) is 30.1 Å². The summed E-state index contributed by atoms with van der Waals surface area (Å²) in [6.45, 7) is 4.49. The second-order valence-electron chi connectivity index (χ2n) is 7.71. The summed E-state index contributed by atoms with van der Waals surface area (Å²) in [5, 5.41) is 8.07. The van der Waals surface area contributed by atoms with E-state index in [1.807, 2.05) is 24.3 Å². The van der Waals surface area contributed by atoms with Gasteiger partial charge in [0.05, 0.1) is 0 Å². The highest BCUT2D eigenvalue weighted by atomic mass is 79.9. The molecular weight excluding hydrogens is 478 g/mol. The fourth-order valence-corrected chi connectivity index (χ4v) is 3.61. The summed E-state index contributed by atoms with van der Waals surface area (Å²) in [6.07, 6.45) is 2.31. The lowest BCUT2D eigenvalue weighted by Crippen LogP contribution is -2.37. The Hall–Kier alpha value is -2.72. The molecule has 1 atom stereocenters. The van der Waals surface area contributed by atoms with Crippen LogP contribution in [0.3, 0.4) is 0 Å². The number of primary amides is 1. The van der Waals surface area contributed by atoms with Gasteiger partial charge in [0.2, 0.25) is 5.91 Å². The molecular formula is C22H30BrN5O4. The monoisotopic (exact) mass is 507 g/mol. The van der Waals surface area contributed by atoms with Crippen LogP contribution in [0, 0.1) is 5.92 Å². The van der Waals surface area contributed by atoms with Crippen LogP contribution in [0.4, 0.5) is 0 Å². The first-order valence-corrected chi connectivity index (χ1v) is 11.2. The van der Waals surface area contributed by atoms with E-state index in [1.54, 1.807) is 18.5 Å². The number of hydrogen-bond donors (Lipinski definition) is 2. The number of nitrogens with zero attached hydrogens (tertiary/aromatic N) is 4. The zero-order chi connectivity index (χ0) is 24.0. The van der Waals surface area contributed by atoms with Crippen molar-refractivity contribution in [1.82, 2.24) is 18.7 Å². The maximum atomic E-state index is 12.8. The molecule has 0 fully saturated rings. The van der Waals surface area contributed by atoms with Crippen molar-refractivity contribution < 1.29 is 9.90 Å². The summed E-state index contributed by atoms with van der Waals surface area (Å²) in [7, 11) is 3.01. The summed E-state index contributed by atoms with van der Waals surface area (Å²) in [5.74, 6) is -0.364. The molecule has 3 aromatic rings. The first-order chi connectivity index (χ1) is 15.1. The number of aliphatic hydroxyl groups is 1. The van der Waals surface area contributed by atoms with Crippen LogP contribution < -0.4 is 17.0 Å². The van der Waals surface area contributed by atoms with E-state index in [0.717, 1.165) is 27.4 Å². The summed E-state index contributed by atoms with van der Waals surface area (Å²) < 4.78 is 5.07. The summed E-state index contributed by atoms with van der Waals surface area (Å²) in [4.78, 5) is 41.1. The van der Waals surface area contributed by atoms with Gasteiger partial charge < -0.3 is 15.4 Å². The predicted molar refractivity (Wildman–Crippen MR) is 128 cm³/mol. The number of aromatic nitrogens is 4. The molecule has 0 saturated heterocycles. The third-order valence-corrected chi connectivity index (χ3v) is 5.64. The minimum atomic E-state index is -0.455. The molecule has 0 radical (unpaired) electrons. The predicted octanol–water partition coefficient (Wildman–Crippen LogP) is 1.69. The van der Waals surface area contributed by atoms with E-state index in [1.165, 1.54) is 11.6 Å². The number of aryl methyl sites for hydroxylation is 1. The van der Waals surface area contributed by atoms with E-state index in [4.69, 9.17) is 10.8 Å². The van der Waals surface area contributed by atoms with E-state index in [2.05, 4.69) is 27.8 Å². The molecule has 2 aromatic heterocycles. The van der Waals surface area contributed by atoms with Crippen molar-refractivity contribution in [3.63, 3.8) is 0 Å². The Balaban J connectivity index is 0.000000654. The van der Waals surface area contributed by atoms with E-state index < -0.39 is 23.1 Å². The molecule has 0 spiro atoms. The molecule has 2 heterocycles. The minimum Gasteiger partial charge on any atom is -0.396 e. The van der Waals surface area contributed by atoms with Gasteiger partial charge in [0.1, 0.15) is 5.82 Å². The molecule has 0 aliphatic carbocycles. The summed E-state index contributed by atoms with van der Waals surface area (Å²) in [5.41, 5.74) is 6.11. The lowest BCUT2D eigenvalue weighted by Gasteiger charge is -2.12. The lowest BCUT2D eigenvalue weighted by atomic mass is 10.1. The maximum absolute atomic E-state index is 12.8. The third kappa shape index (κ3) is 5.74. The van der Waals surface area contributed by atoms with Crippen LogP contribution in [0.25, 0.3) is 11.2 Å². The highest BCUT2D eigenvalue weighted by molar-refractivity contribution is 9.10. The SMILES string of the molecule is CC(Cc1nc2c(c(=O)n(C)c(=O)n2C)n1Cc1cccc(Br)c1)C(N)=O.CCCCO. The van der Waals surface area contributed by atoms with Crippen LogP contribution in [0.1, 0.15) is 38.1 Å². The zero-order valence-corrected chi connectivity index (χ0v) is 20.4. The van der Waals surface area contributed by atoms with Crippen molar-refractivity contribution in [3.8, 4) is 0 Å². The molecule has 174 valence electrons. The third-order valence-electron chi connectivity index (χ3n) is 5.14. The van der Waals surface area contributed by atoms with Gasteiger partial charge in [0, 0.05) is 44.1 Å². The fraction of sp³-hybridized carbons (Fsp3) is 0.455. The summed E-state index contributed by atoms with van der Waals surface area (Å²) in [6, 6.07) is 7.69.